The first-order valence-electron chi connectivity index (χ1n) is 2.88. The van der Waals surface area contributed by atoms with Gasteiger partial charge < -0.3 is 14.9 Å². The number of phenolic OH excluding ortho intramolecular Hbond substituents is 1. The smallest absolute Gasteiger partial charge is 0.508 e. The summed E-state index contributed by atoms with van der Waals surface area (Å²) in [7, 11) is 0. The molecule has 0 amide bonds. The van der Waals surface area contributed by atoms with Gasteiger partial charge in [0.25, 0.3) is 0 Å². The maximum atomic E-state index is 9.98. The van der Waals surface area contributed by atoms with Crippen molar-refractivity contribution in [1.82, 2.24) is 0 Å². The highest BCUT2D eigenvalue weighted by Crippen LogP contribution is 2.17. The van der Waals surface area contributed by atoms with E-state index in [1.54, 1.807) is 0 Å². The van der Waals surface area contributed by atoms with Crippen molar-refractivity contribution in [3.05, 3.63) is 24.3 Å². The fourth-order valence-electron chi connectivity index (χ4n) is 0.648. The number of benzene rings is 1. The van der Waals surface area contributed by atoms with Gasteiger partial charge in [0.1, 0.15) is 11.5 Å². The van der Waals surface area contributed by atoms with Crippen LogP contribution in [0.1, 0.15) is 0 Å². The van der Waals surface area contributed by atoms with Crippen LogP contribution in [0.3, 0.4) is 0 Å². The van der Waals surface area contributed by atoms with Gasteiger partial charge >= 0.3 is 6.16 Å². The van der Waals surface area contributed by atoms with E-state index >= 15 is 0 Å². The molecule has 0 unspecified atom stereocenters. The maximum Gasteiger partial charge on any atom is 0.511 e. The number of ether oxygens (including phenoxy) is 1. The van der Waals surface area contributed by atoms with Crippen LogP contribution in [-0.2, 0) is 0 Å². The molecule has 0 aromatic heterocycles. The van der Waals surface area contributed by atoms with E-state index in [1.165, 1.54) is 24.3 Å². The highest BCUT2D eigenvalue weighted by Gasteiger charge is 1.99. The molecule has 0 bridgehead atoms. The number of hydrogen-bond acceptors (Lipinski definition) is 3. The fourth-order valence-corrected chi connectivity index (χ4v) is 0.648. The summed E-state index contributed by atoms with van der Waals surface area (Å²) in [6.45, 7) is 0. The van der Waals surface area contributed by atoms with E-state index in [0.717, 1.165) is 0 Å². The van der Waals surface area contributed by atoms with Gasteiger partial charge in [0.15, 0.2) is 0 Å². The molecule has 0 heterocycles. The van der Waals surface area contributed by atoms with Crippen molar-refractivity contribution < 1.29 is 19.7 Å². The second kappa shape index (κ2) is 2.92. The van der Waals surface area contributed by atoms with Crippen LogP contribution in [0.15, 0.2) is 24.3 Å². The molecule has 2 N–H and O–H groups in total. The molecule has 0 saturated carbocycles. The van der Waals surface area contributed by atoms with Crippen LogP contribution < -0.4 is 4.74 Å². The number of carboxylic acid groups (broad SMARTS) is 1. The lowest BCUT2D eigenvalue weighted by molar-refractivity contribution is 0.144. The van der Waals surface area contributed by atoms with E-state index in [4.69, 9.17) is 10.2 Å². The lowest BCUT2D eigenvalue weighted by atomic mass is 10.3. The van der Waals surface area contributed by atoms with Crippen molar-refractivity contribution in [1.29, 1.82) is 0 Å². The highest BCUT2D eigenvalue weighted by atomic mass is 16.7. The lowest BCUT2D eigenvalue weighted by Gasteiger charge is -1.98. The molecular formula is C7H6O4. The van der Waals surface area contributed by atoms with Crippen LogP contribution in [0.4, 0.5) is 4.79 Å². The van der Waals surface area contributed by atoms with E-state index in [0.29, 0.717) is 0 Å². The van der Waals surface area contributed by atoms with Gasteiger partial charge in [-0.05, 0) is 12.1 Å². The van der Waals surface area contributed by atoms with Gasteiger partial charge in [-0.2, -0.15) is 0 Å². The third-order valence-corrected chi connectivity index (χ3v) is 1.02. The Bertz CT molecular complexity index is 269. The number of aromatic hydroxyl groups is 1. The molecule has 4 nitrogen and oxygen atoms in total. The quantitative estimate of drug-likeness (QED) is 0.474. The largest absolute Gasteiger partial charge is 0.511 e. The van der Waals surface area contributed by atoms with Crippen molar-refractivity contribution >= 4 is 6.16 Å². The van der Waals surface area contributed by atoms with Gasteiger partial charge in [0.05, 0.1) is 0 Å². The summed E-state index contributed by atoms with van der Waals surface area (Å²) < 4.78 is 4.25. The minimum Gasteiger partial charge on any atom is -0.508 e. The average Bonchev–Trinajstić information content (AvgIpc) is 1.85. The molecule has 0 aliphatic carbocycles. The number of hydrogen-bond donors (Lipinski definition) is 2. The van der Waals surface area contributed by atoms with Gasteiger partial charge in [-0.15, -0.1) is 0 Å². The second-order valence-electron chi connectivity index (χ2n) is 1.87. The normalized spacial score (nSPS) is 9.09. The minimum absolute atomic E-state index is 0.0243. The molecule has 58 valence electrons. The van der Waals surface area contributed by atoms with Gasteiger partial charge in [-0.25, -0.2) is 4.79 Å². The topological polar surface area (TPSA) is 66.8 Å². The SMILES string of the molecule is O=C(O)Oc1cccc(O)c1. The van der Waals surface area contributed by atoms with E-state index in [1.807, 2.05) is 0 Å². The summed E-state index contributed by atoms with van der Waals surface area (Å²) in [4.78, 5) is 9.98. The molecule has 1 aromatic rings. The van der Waals surface area contributed by atoms with Crippen molar-refractivity contribution in [2.45, 2.75) is 0 Å². The Labute approximate surface area is 62.7 Å². The standard InChI is InChI=1S/C7H6O4/c8-5-2-1-3-6(4-5)11-7(9)10/h1-4,8H,(H,9,10). The monoisotopic (exact) mass is 154 g/mol. The highest BCUT2D eigenvalue weighted by molar-refractivity contribution is 5.61. The van der Waals surface area contributed by atoms with Crippen LogP contribution in [0.25, 0.3) is 0 Å². The van der Waals surface area contributed by atoms with E-state index in [9.17, 15) is 4.79 Å². The Balaban J connectivity index is 2.79. The molecule has 0 aliphatic rings. The molecule has 1 rings (SSSR count). The molecule has 0 aliphatic heterocycles. The predicted octanol–water partition coefficient (Wildman–Crippen LogP) is 1.45. The molecule has 4 heteroatoms. The molecule has 0 saturated heterocycles. The molecule has 0 fully saturated rings. The fraction of sp³-hybridized carbons (Fsp3) is 0. The Morgan fingerprint density at radius 3 is 2.73 bits per heavy atom. The minimum atomic E-state index is -1.39. The van der Waals surface area contributed by atoms with E-state index in [2.05, 4.69) is 4.74 Å². The zero-order valence-corrected chi connectivity index (χ0v) is 5.52. The van der Waals surface area contributed by atoms with Crippen LogP contribution in [0.5, 0.6) is 11.5 Å². The summed E-state index contributed by atoms with van der Waals surface area (Å²) in [5.41, 5.74) is 0. The Morgan fingerprint density at radius 2 is 2.18 bits per heavy atom. The van der Waals surface area contributed by atoms with Crippen LogP contribution in [-0.4, -0.2) is 16.4 Å². The molecular weight excluding hydrogens is 148 g/mol. The third-order valence-electron chi connectivity index (χ3n) is 1.02. The van der Waals surface area contributed by atoms with Gasteiger partial charge in [-0.1, -0.05) is 6.07 Å². The van der Waals surface area contributed by atoms with Crippen molar-refractivity contribution in [2.75, 3.05) is 0 Å². The van der Waals surface area contributed by atoms with Crippen molar-refractivity contribution in [2.24, 2.45) is 0 Å². The lowest BCUT2D eigenvalue weighted by Crippen LogP contribution is -2.02. The van der Waals surface area contributed by atoms with Crippen LogP contribution in [0, 0.1) is 0 Å². The molecule has 11 heavy (non-hydrogen) atoms. The van der Waals surface area contributed by atoms with E-state index < -0.39 is 6.16 Å². The maximum absolute atomic E-state index is 9.98. The third kappa shape index (κ3) is 2.17. The number of phenols is 1. The molecule has 0 spiro atoms. The molecule has 1 aromatic carbocycles. The van der Waals surface area contributed by atoms with Crippen LogP contribution in [0.2, 0.25) is 0 Å². The van der Waals surface area contributed by atoms with Gasteiger partial charge in [0.2, 0.25) is 0 Å². The molecule has 0 atom stereocenters. The summed E-state index contributed by atoms with van der Waals surface area (Å²) >= 11 is 0. The summed E-state index contributed by atoms with van der Waals surface area (Å²) in [5.74, 6) is 0.0845. The summed E-state index contributed by atoms with van der Waals surface area (Å²) in [5, 5.41) is 17.0. The predicted molar refractivity (Wildman–Crippen MR) is 36.8 cm³/mol. The average molecular weight is 154 g/mol. The van der Waals surface area contributed by atoms with Gasteiger partial charge in [0, 0.05) is 6.07 Å². The Kier molecular flexibility index (Phi) is 1.96. The first-order chi connectivity index (χ1) is 5.18. The molecule has 0 radical (unpaired) electrons. The number of rotatable bonds is 1. The zero-order chi connectivity index (χ0) is 8.27. The van der Waals surface area contributed by atoms with Crippen molar-refractivity contribution in [3.63, 3.8) is 0 Å². The van der Waals surface area contributed by atoms with E-state index in [-0.39, 0.29) is 11.5 Å². The Morgan fingerprint density at radius 1 is 1.45 bits per heavy atom. The first-order valence-corrected chi connectivity index (χ1v) is 2.88. The first kappa shape index (κ1) is 7.40. The zero-order valence-electron chi connectivity index (χ0n) is 5.52. The summed E-state index contributed by atoms with van der Waals surface area (Å²) in [6.07, 6.45) is -1.39. The second-order valence-corrected chi connectivity index (χ2v) is 1.87. The summed E-state index contributed by atoms with van der Waals surface area (Å²) in [6, 6.07) is 5.57. The van der Waals surface area contributed by atoms with Gasteiger partial charge in [-0.3, -0.25) is 0 Å². The van der Waals surface area contributed by atoms with Crippen molar-refractivity contribution in [3.8, 4) is 11.5 Å². The number of carbonyl (C=O) groups is 1. The van der Waals surface area contributed by atoms with Crippen LogP contribution >= 0.6 is 0 Å². The Hall–Kier alpha value is -1.71.